The molecule has 1 fully saturated rings. The maximum Gasteiger partial charge on any atom is 0.263 e. The van der Waals surface area contributed by atoms with Crippen molar-refractivity contribution in [3.63, 3.8) is 0 Å². The van der Waals surface area contributed by atoms with Crippen LogP contribution in [0.1, 0.15) is 5.56 Å². The van der Waals surface area contributed by atoms with Crippen LogP contribution >= 0.6 is 69.2 Å². The Labute approximate surface area is 135 Å². The van der Waals surface area contributed by atoms with Crippen LogP contribution < -0.4 is 5.32 Å². The second-order valence-corrected chi connectivity index (χ2v) is 7.30. The molecular formula is C10H5I2NO2S2. The van der Waals surface area contributed by atoms with Crippen molar-refractivity contribution in [2.75, 3.05) is 0 Å². The summed E-state index contributed by atoms with van der Waals surface area (Å²) in [6.07, 6.45) is 1.65. The number of carbonyl (C=O) groups is 1. The van der Waals surface area contributed by atoms with E-state index in [1.165, 1.54) is 11.8 Å². The van der Waals surface area contributed by atoms with Gasteiger partial charge in [0.1, 0.15) is 10.1 Å². The summed E-state index contributed by atoms with van der Waals surface area (Å²) in [5.41, 5.74) is 0.628. The summed E-state index contributed by atoms with van der Waals surface area (Å²) < 4.78 is 2.20. The maximum absolute atomic E-state index is 11.5. The van der Waals surface area contributed by atoms with E-state index in [1.54, 1.807) is 6.08 Å². The highest BCUT2D eigenvalue weighted by molar-refractivity contribution is 14.1. The lowest BCUT2D eigenvalue weighted by Crippen LogP contribution is -2.17. The molecule has 0 aromatic heterocycles. The number of phenolic OH excluding ortho intramolecular Hbond substituents is 1. The number of hydrogen-bond acceptors (Lipinski definition) is 4. The van der Waals surface area contributed by atoms with Gasteiger partial charge in [-0.05, 0) is 63.4 Å². The van der Waals surface area contributed by atoms with Gasteiger partial charge in [-0.15, -0.1) is 0 Å². The van der Waals surface area contributed by atoms with Crippen molar-refractivity contribution in [3.8, 4) is 5.75 Å². The lowest BCUT2D eigenvalue weighted by atomic mass is 10.2. The third-order valence-corrected chi connectivity index (χ3v) is 4.59. The summed E-state index contributed by atoms with van der Waals surface area (Å²) in [6, 6.07) is 3.69. The zero-order valence-electron chi connectivity index (χ0n) is 8.16. The number of thiocarbonyl (C=S) groups is 1. The minimum Gasteiger partial charge on any atom is -0.506 e. The number of nitrogens with one attached hydrogen (secondary N) is 1. The number of hydrogen-bond donors (Lipinski definition) is 2. The molecule has 0 spiro atoms. The number of benzene rings is 1. The lowest BCUT2D eigenvalue weighted by Gasteiger charge is -2.03. The Morgan fingerprint density at radius 3 is 2.71 bits per heavy atom. The fourth-order valence-corrected chi connectivity index (χ4v) is 4.18. The quantitative estimate of drug-likeness (QED) is 0.362. The van der Waals surface area contributed by atoms with Gasteiger partial charge in [-0.25, -0.2) is 0 Å². The van der Waals surface area contributed by atoms with Gasteiger partial charge in [-0.2, -0.15) is 0 Å². The highest BCUT2D eigenvalue weighted by Crippen LogP contribution is 2.32. The van der Waals surface area contributed by atoms with Gasteiger partial charge in [-0.3, -0.25) is 4.79 Å². The number of phenols is 1. The summed E-state index contributed by atoms with van der Waals surface area (Å²) in [4.78, 5) is 12.0. The van der Waals surface area contributed by atoms with Crippen LogP contribution in [0, 0.1) is 7.14 Å². The Morgan fingerprint density at radius 1 is 1.41 bits per heavy atom. The van der Waals surface area contributed by atoms with Gasteiger partial charge < -0.3 is 10.4 Å². The summed E-state index contributed by atoms with van der Waals surface area (Å²) in [7, 11) is 0. The molecule has 2 rings (SSSR count). The molecule has 1 aromatic rings. The van der Waals surface area contributed by atoms with Crippen molar-refractivity contribution in [1.82, 2.24) is 5.32 Å². The van der Waals surface area contributed by atoms with E-state index >= 15 is 0 Å². The number of amides is 1. The summed E-state index contributed by atoms with van der Waals surface area (Å²) in [5.74, 6) is -0.0296. The molecular weight excluding hydrogens is 484 g/mol. The van der Waals surface area contributed by atoms with Gasteiger partial charge >= 0.3 is 0 Å². The largest absolute Gasteiger partial charge is 0.506 e. The Hall–Kier alpha value is 0.130. The summed E-state index contributed by atoms with van der Waals surface area (Å²) in [5, 5.41) is 12.4. The van der Waals surface area contributed by atoms with Crippen LogP contribution in [0.15, 0.2) is 17.0 Å². The first-order chi connectivity index (χ1) is 7.97. The van der Waals surface area contributed by atoms with Crippen LogP contribution in [0.5, 0.6) is 5.75 Å². The van der Waals surface area contributed by atoms with Gasteiger partial charge in [0.15, 0.2) is 0 Å². The number of rotatable bonds is 1. The van der Waals surface area contributed by atoms with Crippen LogP contribution in [0.2, 0.25) is 0 Å². The first-order valence-electron chi connectivity index (χ1n) is 4.40. The van der Waals surface area contributed by atoms with Gasteiger partial charge in [0, 0.05) is 9.13 Å². The number of carbonyl (C=O) groups excluding carboxylic acids is 1. The molecule has 2 N–H and O–H groups in total. The second-order valence-electron chi connectivity index (χ2n) is 3.18. The smallest absolute Gasteiger partial charge is 0.263 e. The van der Waals surface area contributed by atoms with E-state index in [4.69, 9.17) is 12.2 Å². The predicted molar refractivity (Wildman–Crippen MR) is 89.8 cm³/mol. The predicted octanol–water partition coefficient (Wildman–Crippen LogP) is 3.09. The second kappa shape index (κ2) is 5.41. The van der Waals surface area contributed by atoms with E-state index < -0.39 is 0 Å². The first kappa shape index (κ1) is 13.6. The first-order valence-corrected chi connectivity index (χ1v) is 7.78. The molecule has 0 aliphatic carbocycles. The maximum atomic E-state index is 11.5. The minimum atomic E-state index is -0.215. The molecule has 1 amide bonds. The topological polar surface area (TPSA) is 49.3 Å². The molecule has 3 nitrogen and oxygen atoms in total. The van der Waals surface area contributed by atoms with Crippen LogP contribution in [0.25, 0.3) is 6.08 Å². The fraction of sp³-hybridized carbons (Fsp3) is 0. The molecule has 1 aromatic carbocycles. The van der Waals surface area contributed by atoms with Crippen molar-refractivity contribution in [2.45, 2.75) is 0 Å². The van der Waals surface area contributed by atoms with E-state index in [9.17, 15) is 9.90 Å². The number of aromatic hydroxyl groups is 1. The van der Waals surface area contributed by atoms with Crippen molar-refractivity contribution in [1.29, 1.82) is 0 Å². The molecule has 1 aliphatic heterocycles. The van der Waals surface area contributed by atoms with Crippen LogP contribution in [0.3, 0.4) is 0 Å². The van der Waals surface area contributed by atoms with E-state index in [0.717, 1.165) is 7.14 Å². The van der Waals surface area contributed by atoms with E-state index in [1.807, 2.05) is 12.1 Å². The van der Waals surface area contributed by atoms with Gasteiger partial charge in [0.25, 0.3) is 5.91 Å². The SMILES string of the molecule is O=C1NC(=S)S/C1=C\c1cc(I)cc(I)c1O. The van der Waals surface area contributed by atoms with E-state index in [-0.39, 0.29) is 11.7 Å². The summed E-state index contributed by atoms with van der Waals surface area (Å²) >= 11 is 10.3. The molecule has 88 valence electrons. The standard InChI is InChI=1S/C10H5I2NO2S2/c11-5-1-4(8(14)6(12)3-5)2-7-9(15)13-10(16)17-7/h1-3,14H,(H,13,15,16)/b7-2-. The number of thioether (sulfide) groups is 1. The zero-order chi connectivity index (χ0) is 12.6. The molecule has 1 heterocycles. The average Bonchev–Trinajstić information content (AvgIpc) is 2.53. The molecule has 0 saturated carbocycles. The molecule has 0 bridgehead atoms. The summed E-state index contributed by atoms with van der Waals surface area (Å²) in [6.45, 7) is 0. The van der Waals surface area contributed by atoms with Gasteiger partial charge in [0.05, 0.1) is 8.48 Å². The highest BCUT2D eigenvalue weighted by Gasteiger charge is 2.22. The van der Waals surface area contributed by atoms with Crippen molar-refractivity contribution >= 4 is 85.5 Å². The Bertz CT molecular complexity index is 557. The monoisotopic (exact) mass is 489 g/mol. The van der Waals surface area contributed by atoms with Crippen molar-refractivity contribution in [3.05, 3.63) is 29.7 Å². The minimum absolute atomic E-state index is 0.185. The van der Waals surface area contributed by atoms with Gasteiger partial charge in [0.2, 0.25) is 0 Å². The highest BCUT2D eigenvalue weighted by atomic mass is 127. The average molecular weight is 489 g/mol. The Morgan fingerprint density at radius 2 is 2.12 bits per heavy atom. The normalized spacial score (nSPS) is 17.6. The van der Waals surface area contributed by atoms with Crippen LogP contribution in [-0.4, -0.2) is 15.3 Å². The van der Waals surface area contributed by atoms with Crippen LogP contribution in [-0.2, 0) is 4.79 Å². The van der Waals surface area contributed by atoms with Crippen LogP contribution in [0.4, 0.5) is 0 Å². The Kier molecular flexibility index (Phi) is 4.31. The van der Waals surface area contributed by atoms with Gasteiger partial charge in [-0.1, -0.05) is 24.0 Å². The third-order valence-electron chi connectivity index (χ3n) is 1.99. The van der Waals surface area contributed by atoms with E-state index in [0.29, 0.717) is 14.8 Å². The lowest BCUT2D eigenvalue weighted by molar-refractivity contribution is -0.115. The third kappa shape index (κ3) is 3.12. The molecule has 7 heteroatoms. The molecule has 1 aliphatic rings. The molecule has 0 radical (unpaired) electrons. The Balaban J connectivity index is 2.46. The molecule has 0 atom stereocenters. The number of halogens is 2. The van der Waals surface area contributed by atoms with Crippen molar-refractivity contribution in [2.24, 2.45) is 0 Å². The van der Waals surface area contributed by atoms with E-state index in [2.05, 4.69) is 50.5 Å². The fourth-order valence-electron chi connectivity index (χ4n) is 1.26. The van der Waals surface area contributed by atoms with Crippen molar-refractivity contribution < 1.29 is 9.90 Å². The zero-order valence-corrected chi connectivity index (χ0v) is 14.1. The molecule has 1 saturated heterocycles. The molecule has 17 heavy (non-hydrogen) atoms. The molecule has 0 unspecified atom stereocenters.